The lowest BCUT2D eigenvalue weighted by Crippen LogP contribution is -2.57. The summed E-state index contributed by atoms with van der Waals surface area (Å²) < 4.78 is 11.6. The third-order valence-electron chi connectivity index (χ3n) is 5.15. The molecule has 0 spiro atoms. The Morgan fingerprint density at radius 1 is 1.29 bits per heavy atom. The van der Waals surface area contributed by atoms with E-state index < -0.39 is 0 Å². The lowest BCUT2D eigenvalue weighted by molar-refractivity contribution is -0.0452. The normalized spacial score (nSPS) is 24.2. The van der Waals surface area contributed by atoms with Gasteiger partial charge in [-0.1, -0.05) is 6.07 Å². The summed E-state index contributed by atoms with van der Waals surface area (Å²) in [6.45, 7) is 12.5. The molecule has 0 N–H and O–H groups in total. The van der Waals surface area contributed by atoms with Gasteiger partial charge in [0.25, 0.3) is 0 Å². The Morgan fingerprint density at radius 3 is 2.88 bits per heavy atom. The highest BCUT2D eigenvalue weighted by molar-refractivity contribution is 5.06. The average molecular weight is 333 g/mol. The number of piperidine rings is 1. The third-order valence-corrected chi connectivity index (χ3v) is 5.15. The minimum Gasteiger partial charge on any atom is -0.379 e. The second-order valence-electron chi connectivity index (χ2n) is 7.58. The molecule has 1 atom stereocenters. The van der Waals surface area contributed by atoms with E-state index in [2.05, 4.69) is 34.7 Å². The molecule has 1 unspecified atom stereocenters. The summed E-state index contributed by atoms with van der Waals surface area (Å²) in [6.07, 6.45) is 6.41. The molecule has 134 valence electrons. The van der Waals surface area contributed by atoms with Crippen LogP contribution in [0.15, 0.2) is 24.5 Å². The van der Waals surface area contributed by atoms with Crippen LogP contribution < -0.4 is 0 Å². The molecule has 24 heavy (non-hydrogen) atoms. The number of hydrogen-bond donors (Lipinski definition) is 0. The van der Waals surface area contributed by atoms with Gasteiger partial charge in [-0.05, 0) is 44.9 Å². The summed E-state index contributed by atoms with van der Waals surface area (Å²) in [5.41, 5.74) is 1.35. The molecule has 5 heteroatoms. The highest BCUT2D eigenvalue weighted by Gasteiger charge is 2.32. The zero-order valence-electron chi connectivity index (χ0n) is 15.1. The lowest BCUT2D eigenvalue weighted by Gasteiger charge is -2.45. The minimum absolute atomic E-state index is 0.190. The molecule has 0 saturated carbocycles. The van der Waals surface area contributed by atoms with Gasteiger partial charge in [0.05, 0.1) is 25.9 Å². The van der Waals surface area contributed by atoms with Gasteiger partial charge in [-0.3, -0.25) is 14.8 Å². The van der Waals surface area contributed by atoms with Crippen LogP contribution >= 0.6 is 0 Å². The van der Waals surface area contributed by atoms with Crippen molar-refractivity contribution in [3.63, 3.8) is 0 Å². The molecule has 3 rings (SSSR count). The van der Waals surface area contributed by atoms with E-state index in [4.69, 9.17) is 9.47 Å². The Bertz CT molecular complexity index is 489. The molecule has 0 bridgehead atoms. The van der Waals surface area contributed by atoms with E-state index in [1.54, 1.807) is 6.20 Å². The number of nitrogens with zero attached hydrogens (tertiary/aromatic N) is 3. The van der Waals surface area contributed by atoms with Gasteiger partial charge in [0.15, 0.2) is 0 Å². The first-order valence-electron chi connectivity index (χ1n) is 9.19. The maximum atomic E-state index is 6.14. The molecule has 0 amide bonds. The van der Waals surface area contributed by atoms with Crippen molar-refractivity contribution in [1.82, 2.24) is 14.8 Å². The third kappa shape index (κ3) is 4.99. The maximum absolute atomic E-state index is 6.14. The van der Waals surface area contributed by atoms with Crippen molar-refractivity contribution in [2.75, 3.05) is 45.9 Å². The number of morpholine rings is 1. The molecule has 0 aliphatic carbocycles. The maximum Gasteiger partial charge on any atom is 0.0736 e. The molecule has 3 heterocycles. The summed E-state index contributed by atoms with van der Waals surface area (Å²) in [4.78, 5) is 9.30. The second-order valence-corrected chi connectivity index (χ2v) is 7.58. The quantitative estimate of drug-likeness (QED) is 0.798. The number of aromatic nitrogens is 1. The summed E-state index contributed by atoms with van der Waals surface area (Å²) in [5, 5.41) is 0. The Labute approximate surface area is 145 Å². The Kier molecular flexibility index (Phi) is 6.22. The summed E-state index contributed by atoms with van der Waals surface area (Å²) in [6, 6.07) is 4.05. The average Bonchev–Trinajstić information content (AvgIpc) is 2.62. The van der Waals surface area contributed by atoms with E-state index in [1.165, 1.54) is 13.0 Å². The first-order valence-corrected chi connectivity index (χ1v) is 9.19. The minimum atomic E-state index is 0.190. The van der Waals surface area contributed by atoms with Gasteiger partial charge in [-0.15, -0.1) is 0 Å². The van der Waals surface area contributed by atoms with E-state index in [9.17, 15) is 0 Å². The molecule has 1 aromatic heterocycles. The highest BCUT2D eigenvalue weighted by Crippen LogP contribution is 2.22. The summed E-state index contributed by atoms with van der Waals surface area (Å²) in [7, 11) is 0. The van der Waals surface area contributed by atoms with Crippen molar-refractivity contribution in [3.05, 3.63) is 30.1 Å². The zero-order valence-corrected chi connectivity index (χ0v) is 15.1. The largest absolute Gasteiger partial charge is 0.379 e. The Morgan fingerprint density at radius 2 is 2.12 bits per heavy atom. The second kappa shape index (κ2) is 8.39. The van der Waals surface area contributed by atoms with Crippen LogP contribution in [0, 0.1) is 0 Å². The fourth-order valence-electron chi connectivity index (χ4n) is 3.81. The van der Waals surface area contributed by atoms with Crippen LogP contribution in [0.5, 0.6) is 0 Å². The van der Waals surface area contributed by atoms with Crippen molar-refractivity contribution >= 4 is 0 Å². The van der Waals surface area contributed by atoms with Crippen LogP contribution in [0.3, 0.4) is 0 Å². The van der Waals surface area contributed by atoms with Crippen LogP contribution in [-0.4, -0.2) is 72.4 Å². The molecule has 2 saturated heterocycles. The first-order chi connectivity index (χ1) is 11.6. The van der Waals surface area contributed by atoms with Gasteiger partial charge >= 0.3 is 0 Å². The van der Waals surface area contributed by atoms with Gasteiger partial charge < -0.3 is 9.47 Å². The number of likely N-dealkylation sites (tertiary alicyclic amines) is 1. The summed E-state index contributed by atoms with van der Waals surface area (Å²) in [5.74, 6) is 0. The van der Waals surface area contributed by atoms with Crippen molar-refractivity contribution in [3.8, 4) is 0 Å². The van der Waals surface area contributed by atoms with Crippen LogP contribution in [0.1, 0.15) is 32.3 Å². The van der Waals surface area contributed by atoms with E-state index >= 15 is 0 Å². The molecular weight excluding hydrogens is 302 g/mol. The van der Waals surface area contributed by atoms with Gasteiger partial charge in [-0.25, -0.2) is 0 Å². The van der Waals surface area contributed by atoms with Crippen LogP contribution in [0.4, 0.5) is 0 Å². The summed E-state index contributed by atoms with van der Waals surface area (Å²) >= 11 is 0. The highest BCUT2D eigenvalue weighted by atomic mass is 16.5. The molecular formula is C19H31N3O2. The predicted octanol–water partition coefficient (Wildman–Crippen LogP) is 2.17. The SMILES string of the molecule is CC(C)(CN1CCCC(OCc2cccnc2)C1)N1CCOCC1. The van der Waals surface area contributed by atoms with Gasteiger partial charge in [0.1, 0.15) is 0 Å². The predicted molar refractivity (Wildman–Crippen MR) is 95.0 cm³/mol. The van der Waals surface area contributed by atoms with E-state index in [0.717, 1.165) is 51.4 Å². The van der Waals surface area contributed by atoms with Gasteiger partial charge in [0.2, 0.25) is 0 Å². The molecule has 5 nitrogen and oxygen atoms in total. The van der Waals surface area contributed by atoms with Crippen molar-refractivity contribution in [2.24, 2.45) is 0 Å². The van der Waals surface area contributed by atoms with Crippen molar-refractivity contribution in [1.29, 1.82) is 0 Å². The van der Waals surface area contributed by atoms with Crippen LogP contribution in [0.2, 0.25) is 0 Å². The molecule has 2 aliphatic heterocycles. The molecule has 2 aliphatic rings. The Balaban J connectivity index is 1.47. The van der Waals surface area contributed by atoms with Crippen molar-refractivity contribution < 1.29 is 9.47 Å². The molecule has 1 aromatic rings. The van der Waals surface area contributed by atoms with Crippen LogP contribution in [0.25, 0.3) is 0 Å². The number of hydrogen-bond acceptors (Lipinski definition) is 5. The molecule has 0 aromatic carbocycles. The monoisotopic (exact) mass is 333 g/mol. The van der Waals surface area contributed by atoms with Crippen LogP contribution in [-0.2, 0) is 16.1 Å². The molecule has 0 radical (unpaired) electrons. The molecule has 2 fully saturated rings. The van der Waals surface area contributed by atoms with Crippen molar-refractivity contribution in [2.45, 2.75) is 44.9 Å². The lowest BCUT2D eigenvalue weighted by atomic mass is 9.98. The number of pyridine rings is 1. The van der Waals surface area contributed by atoms with Gasteiger partial charge in [-0.2, -0.15) is 0 Å². The fourth-order valence-corrected chi connectivity index (χ4v) is 3.81. The number of ether oxygens (including phenoxy) is 2. The smallest absolute Gasteiger partial charge is 0.0736 e. The standard InChI is InChI=1S/C19H31N3O2/c1-19(2,22-9-11-23-12-10-22)16-21-8-4-6-18(14-21)24-15-17-5-3-7-20-13-17/h3,5,7,13,18H,4,6,8-12,14-16H2,1-2H3. The fraction of sp³-hybridized carbons (Fsp3) is 0.737. The Hall–Kier alpha value is -1.01. The van der Waals surface area contributed by atoms with E-state index in [0.29, 0.717) is 12.7 Å². The first kappa shape index (κ1) is 17.8. The van der Waals surface area contributed by atoms with E-state index in [-0.39, 0.29) is 5.54 Å². The number of rotatable bonds is 6. The topological polar surface area (TPSA) is 37.8 Å². The van der Waals surface area contributed by atoms with Gasteiger partial charge in [0, 0.05) is 44.1 Å². The zero-order chi connectivity index (χ0) is 16.8. The van der Waals surface area contributed by atoms with E-state index in [1.807, 2.05) is 12.3 Å².